The van der Waals surface area contributed by atoms with Gasteiger partial charge in [-0.3, -0.25) is 0 Å². The Balaban J connectivity index is 1.92. The SMILES string of the molecule is CC1CCC(Oc2ccnc(F)c2)CC1. The Hall–Kier alpha value is -1.12. The maximum Gasteiger partial charge on any atom is 0.216 e. The van der Waals surface area contributed by atoms with Gasteiger partial charge in [0.15, 0.2) is 0 Å². The van der Waals surface area contributed by atoms with Crippen LogP contribution in [-0.4, -0.2) is 11.1 Å². The monoisotopic (exact) mass is 209 g/mol. The highest BCUT2D eigenvalue weighted by molar-refractivity contribution is 5.18. The van der Waals surface area contributed by atoms with Gasteiger partial charge in [-0.25, -0.2) is 4.98 Å². The van der Waals surface area contributed by atoms with Crippen LogP contribution in [0.2, 0.25) is 0 Å². The summed E-state index contributed by atoms with van der Waals surface area (Å²) in [7, 11) is 0. The van der Waals surface area contributed by atoms with Gasteiger partial charge in [-0.2, -0.15) is 4.39 Å². The summed E-state index contributed by atoms with van der Waals surface area (Å²) in [6.45, 7) is 2.27. The molecule has 82 valence electrons. The van der Waals surface area contributed by atoms with E-state index in [2.05, 4.69) is 11.9 Å². The lowest BCUT2D eigenvalue weighted by Crippen LogP contribution is -2.23. The molecule has 1 aliphatic rings. The van der Waals surface area contributed by atoms with Crippen molar-refractivity contribution in [1.29, 1.82) is 0 Å². The van der Waals surface area contributed by atoms with Crippen LogP contribution in [0.5, 0.6) is 5.75 Å². The van der Waals surface area contributed by atoms with Crippen molar-refractivity contribution in [1.82, 2.24) is 4.98 Å². The van der Waals surface area contributed by atoms with E-state index in [9.17, 15) is 4.39 Å². The van der Waals surface area contributed by atoms with E-state index in [-0.39, 0.29) is 6.10 Å². The predicted molar refractivity (Wildman–Crippen MR) is 56.2 cm³/mol. The summed E-state index contributed by atoms with van der Waals surface area (Å²) in [6.07, 6.45) is 6.26. The van der Waals surface area contributed by atoms with Crippen molar-refractivity contribution in [3.05, 3.63) is 24.3 Å². The van der Waals surface area contributed by atoms with E-state index in [4.69, 9.17) is 4.74 Å². The lowest BCUT2D eigenvalue weighted by molar-refractivity contribution is 0.135. The summed E-state index contributed by atoms with van der Waals surface area (Å²) in [5, 5.41) is 0. The van der Waals surface area contributed by atoms with Crippen molar-refractivity contribution in [2.24, 2.45) is 5.92 Å². The zero-order valence-corrected chi connectivity index (χ0v) is 8.95. The van der Waals surface area contributed by atoms with Crippen molar-refractivity contribution in [2.45, 2.75) is 38.7 Å². The second kappa shape index (κ2) is 4.60. The molecule has 2 rings (SSSR count). The Morgan fingerprint density at radius 1 is 1.33 bits per heavy atom. The largest absolute Gasteiger partial charge is 0.490 e. The van der Waals surface area contributed by atoms with Crippen LogP contribution in [0.3, 0.4) is 0 Å². The van der Waals surface area contributed by atoms with Crippen molar-refractivity contribution in [3.8, 4) is 5.75 Å². The third-order valence-corrected chi connectivity index (χ3v) is 2.96. The highest BCUT2D eigenvalue weighted by Gasteiger charge is 2.19. The number of halogens is 1. The van der Waals surface area contributed by atoms with E-state index in [1.165, 1.54) is 25.1 Å². The van der Waals surface area contributed by atoms with Crippen LogP contribution in [0, 0.1) is 11.9 Å². The van der Waals surface area contributed by atoms with E-state index in [1.54, 1.807) is 6.07 Å². The normalized spacial score (nSPS) is 26.3. The highest BCUT2D eigenvalue weighted by Crippen LogP contribution is 2.26. The number of hydrogen-bond donors (Lipinski definition) is 0. The molecule has 0 saturated heterocycles. The van der Waals surface area contributed by atoms with E-state index in [0.717, 1.165) is 18.8 Å². The summed E-state index contributed by atoms with van der Waals surface area (Å²) in [5.41, 5.74) is 0. The summed E-state index contributed by atoms with van der Waals surface area (Å²) in [6, 6.07) is 3.05. The zero-order valence-electron chi connectivity index (χ0n) is 8.95. The van der Waals surface area contributed by atoms with Crippen LogP contribution in [-0.2, 0) is 0 Å². The highest BCUT2D eigenvalue weighted by atomic mass is 19.1. The van der Waals surface area contributed by atoms with Crippen LogP contribution in [0.4, 0.5) is 4.39 Å². The first-order chi connectivity index (χ1) is 7.24. The van der Waals surface area contributed by atoms with E-state index in [0.29, 0.717) is 5.75 Å². The third-order valence-electron chi connectivity index (χ3n) is 2.96. The van der Waals surface area contributed by atoms with Gasteiger partial charge < -0.3 is 4.74 Å². The van der Waals surface area contributed by atoms with E-state index >= 15 is 0 Å². The Morgan fingerprint density at radius 2 is 2.07 bits per heavy atom. The van der Waals surface area contributed by atoms with Crippen molar-refractivity contribution >= 4 is 0 Å². The Bertz CT molecular complexity index is 321. The molecule has 0 spiro atoms. The smallest absolute Gasteiger partial charge is 0.216 e. The van der Waals surface area contributed by atoms with Crippen LogP contribution < -0.4 is 4.74 Å². The van der Waals surface area contributed by atoms with Gasteiger partial charge in [0.05, 0.1) is 6.10 Å². The molecule has 0 atom stereocenters. The first kappa shape index (κ1) is 10.4. The Kier molecular flexibility index (Phi) is 3.19. The van der Waals surface area contributed by atoms with Gasteiger partial charge in [-0.15, -0.1) is 0 Å². The fraction of sp³-hybridized carbons (Fsp3) is 0.583. The third kappa shape index (κ3) is 2.91. The molecule has 2 nitrogen and oxygen atoms in total. The zero-order chi connectivity index (χ0) is 10.7. The lowest BCUT2D eigenvalue weighted by atomic mass is 9.89. The molecule has 1 aromatic rings. The number of hydrogen-bond acceptors (Lipinski definition) is 2. The molecule has 0 aliphatic heterocycles. The lowest BCUT2D eigenvalue weighted by Gasteiger charge is -2.26. The molecule has 1 aliphatic carbocycles. The summed E-state index contributed by atoms with van der Waals surface area (Å²) >= 11 is 0. The quantitative estimate of drug-likeness (QED) is 0.698. The Labute approximate surface area is 89.5 Å². The van der Waals surface area contributed by atoms with Crippen LogP contribution in [0.15, 0.2) is 18.3 Å². The van der Waals surface area contributed by atoms with Gasteiger partial charge in [-0.1, -0.05) is 6.92 Å². The second-order valence-electron chi connectivity index (χ2n) is 4.31. The van der Waals surface area contributed by atoms with Gasteiger partial charge in [0.25, 0.3) is 0 Å². The number of pyridine rings is 1. The topological polar surface area (TPSA) is 22.1 Å². The van der Waals surface area contributed by atoms with Crippen LogP contribution >= 0.6 is 0 Å². The molecule has 1 aromatic heterocycles. The molecule has 0 N–H and O–H groups in total. The minimum Gasteiger partial charge on any atom is -0.490 e. The van der Waals surface area contributed by atoms with Gasteiger partial charge in [0.1, 0.15) is 5.75 Å². The minimum atomic E-state index is -0.475. The average molecular weight is 209 g/mol. The number of ether oxygens (including phenoxy) is 1. The maximum atomic E-state index is 12.8. The molecule has 1 saturated carbocycles. The van der Waals surface area contributed by atoms with E-state index < -0.39 is 5.95 Å². The summed E-state index contributed by atoms with van der Waals surface area (Å²) in [4.78, 5) is 3.50. The summed E-state index contributed by atoms with van der Waals surface area (Å²) in [5.74, 6) is 0.928. The van der Waals surface area contributed by atoms with Gasteiger partial charge >= 0.3 is 0 Å². The molecule has 0 bridgehead atoms. The molecule has 0 amide bonds. The molecule has 0 aromatic carbocycles. The van der Waals surface area contributed by atoms with E-state index in [1.807, 2.05) is 0 Å². The van der Waals surface area contributed by atoms with Crippen molar-refractivity contribution in [3.63, 3.8) is 0 Å². The average Bonchev–Trinajstić information content (AvgIpc) is 2.22. The van der Waals surface area contributed by atoms with Crippen LogP contribution in [0.25, 0.3) is 0 Å². The first-order valence-electron chi connectivity index (χ1n) is 5.52. The predicted octanol–water partition coefficient (Wildman–Crippen LogP) is 3.18. The number of nitrogens with zero attached hydrogens (tertiary/aromatic N) is 1. The van der Waals surface area contributed by atoms with Gasteiger partial charge in [-0.05, 0) is 37.7 Å². The molecular weight excluding hydrogens is 193 g/mol. The van der Waals surface area contributed by atoms with Crippen LogP contribution in [0.1, 0.15) is 32.6 Å². The molecular formula is C12H16FNO. The maximum absolute atomic E-state index is 12.8. The minimum absolute atomic E-state index is 0.253. The Morgan fingerprint density at radius 3 is 2.73 bits per heavy atom. The molecule has 0 radical (unpaired) electrons. The van der Waals surface area contributed by atoms with Crippen molar-refractivity contribution in [2.75, 3.05) is 0 Å². The number of aromatic nitrogens is 1. The molecule has 3 heteroatoms. The van der Waals surface area contributed by atoms with Crippen molar-refractivity contribution < 1.29 is 9.13 Å². The molecule has 1 heterocycles. The fourth-order valence-corrected chi connectivity index (χ4v) is 2.00. The molecule has 1 fully saturated rings. The molecule has 0 unspecified atom stereocenters. The standard InChI is InChI=1S/C12H16FNO/c1-9-2-4-10(5-3-9)15-11-6-7-14-12(13)8-11/h6-10H,2-5H2,1H3. The fourth-order valence-electron chi connectivity index (χ4n) is 2.00. The van der Waals surface area contributed by atoms with Gasteiger partial charge in [0.2, 0.25) is 5.95 Å². The number of rotatable bonds is 2. The van der Waals surface area contributed by atoms with Gasteiger partial charge in [0, 0.05) is 12.3 Å². The second-order valence-corrected chi connectivity index (χ2v) is 4.31. The first-order valence-corrected chi connectivity index (χ1v) is 5.52. The summed E-state index contributed by atoms with van der Waals surface area (Å²) < 4.78 is 18.5. The molecule has 15 heavy (non-hydrogen) atoms.